The van der Waals surface area contributed by atoms with E-state index in [1.165, 1.54) is 0 Å². The van der Waals surface area contributed by atoms with E-state index >= 15 is 0 Å². The van der Waals surface area contributed by atoms with Crippen molar-refractivity contribution in [3.8, 4) is 0 Å². The smallest absolute Gasteiger partial charge is 0.192 e. The maximum atomic E-state index is 5.94. The van der Waals surface area contributed by atoms with E-state index in [1.807, 2.05) is 6.26 Å². The Hall–Kier alpha value is 0.150. The molecule has 84 valence electrons. The van der Waals surface area contributed by atoms with E-state index in [0.29, 0.717) is 0 Å². The molecule has 0 spiro atoms. The Labute approximate surface area is 88.6 Å². The van der Waals surface area contributed by atoms with Gasteiger partial charge in [-0.25, -0.2) is 5.90 Å². The topological polar surface area (TPSA) is 96.5 Å². The largest absolute Gasteiger partial charge is 0.344 e. The van der Waals surface area contributed by atoms with Gasteiger partial charge in [0, 0.05) is 11.8 Å². The van der Waals surface area contributed by atoms with Gasteiger partial charge in [-0.3, -0.25) is 4.84 Å². The van der Waals surface area contributed by atoms with Crippen LogP contribution in [0.25, 0.3) is 0 Å². The standard InChI is InChI=1S/C8H19N3O2S/c1-14-4-6(10)7-3-2-5(9)8(12-7)13-11/h5-8H,2-4,9-11H2,1H3/t5?,6?,7?,8-/m1/s1. The molecular weight excluding hydrogens is 202 g/mol. The lowest BCUT2D eigenvalue weighted by molar-refractivity contribution is -0.207. The van der Waals surface area contributed by atoms with Gasteiger partial charge in [0.15, 0.2) is 6.29 Å². The van der Waals surface area contributed by atoms with Gasteiger partial charge in [0.25, 0.3) is 0 Å². The lowest BCUT2D eigenvalue weighted by Crippen LogP contribution is -2.52. The molecule has 6 heteroatoms. The van der Waals surface area contributed by atoms with E-state index < -0.39 is 6.29 Å². The summed E-state index contributed by atoms with van der Waals surface area (Å²) in [6.07, 6.45) is 3.24. The summed E-state index contributed by atoms with van der Waals surface area (Å²) in [5, 5.41) is 0. The molecule has 6 N–H and O–H groups in total. The van der Waals surface area contributed by atoms with Crippen LogP contribution in [0.1, 0.15) is 12.8 Å². The van der Waals surface area contributed by atoms with Crippen molar-refractivity contribution >= 4 is 11.8 Å². The van der Waals surface area contributed by atoms with Crippen LogP contribution in [0.5, 0.6) is 0 Å². The van der Waals surface area contributed by atoms with Crippen LogP contribution in [0.3, 0.4) is 0 Å². The predicted molar refractivity (Wildman–Crippen MR) is 57.5 cm³/mol. The van der Waals surface area contributed by atoms with Crippen LogP contribution in [0.4, 0.5) is 0 Å². The third-order valence-corrected chi connectivity index (χ3v) is 3.13. The molecule has 3 unspecified atom stereocenters. The van der Waals surface area contributed by atoms with Crippen molar-refractivity contribution in [2.45, 2.75) is 37.3 Å². The lowest BCUT2D eigenvalue weighted by Gasteiger charge is -2.35. The fraction of sp³-hybridized carbons (Fsp3) is 1.00. The maximum absolute atomic E-state index is 5.94. The minimum atomic E-state index is -0.512. The summed E-state index contributed by atoms with van der Waals surface area (Å²) in [7, 11) is 0. The number of nitrogens with two attached hydrogens (primary N) is 3. The molecule has 0 amide bonds. The Morgan fingerprint density at radius 2 is 2.29 bits per heavy atom. The molecule has 1 aliphatic rings. The number of hydrogen-bond acceptors (Lipinski definition) is 6. The van der Waals surface area contributed by atoms with Crippen LogP contribution < -0.4 is 17.4 Å². The van der Waals surface area contributed by atoms with E-state index in [0.717, 1.165) is 18.6 Å². The summed E-state index contributed by atoms with van der Waals surface area (Å²) in [4.78, 5) is 4.65. The minimum Gasteiger partial charge on any atom is -0.344 e. The van der Waals surface area contributed by atoms with E-state index in [9.17, 15) is 0 Å². The fourth-order valence-electron chi connectivity index (χ4n) is 1.58. The first-order valence-corrected chi connectivity index (χ1v) is 6.09. The molecule has 0 aromatic carbocycles. The summed E-state index contributed by atoms with van der Waals surface area (Å²) >= 11 is 1.70. The van der Waals surface area contributed by atoms with Crippen LogP contribution in [-0.4, -0.2) is 36.5 Å². The fourth-order valence-corrected chi connectivity index (χ4v) is 2.18. The van der Waals surface area contributed by atoms with Crippen molar-refractivity contribution in [2.24, 2.45) is 17.4 Å². The average molecular weight is 221 g/mol. The van der Waals surface area contributed by atoms with E-state index in [1.54, 1.807) is 11.8 Å². The first-order chi connectivity index (χ1) is 6.69. The minimum absolute atomic E-state index is 0.01000. The zero-order valence-electron chi connectivity index (χ0n) is 8.39. The highest BCUT2D eigenvalue weighted by Crippen LogP contribution is 2.21. The molecule has 0 radical (unpaired) electrons. The highest BCUT2D eigenvalue weighted by atomic mass is 32.2. The molecule has 0 aliphatic carbocycles. The molecule has 0 aromatic rings. The maximum Gasteiger partial charge on any atom is 0.192 e. The Balaban J connectivity index is 2.41. The van der Waals surface area contributed by atoms with Gasteiger partial charge in [-0.2, -0.15) is 11.8 Å². The molecule has 0 bridgehead atoms. The van der Waals surface area contributed by atoms with Gasteiger partial charge in [-0.1, -0.05) is 0 Å². The quantitative estimate of drug-likeness (QED) is 0.549. The third-order valence-electron chi connectivity index (χ3n) is 2.41. The monoisotopic (exact) mass is 221 g/mol. The van der Waals surface area contributed by atoms with Crippen LogP contribution in [-0.2, 0) is 9.57 Å². The van der Waals surface area contributed by atoms with Crippen molar-refractivity contribution < 1.29 is 9.57 Å². The first kappa shape index (κ1) is 12.2. The van der Waals surface area contributed by atoms with Crippen molar-refractivity contribution in [3.05, 3.63) is 0 Å². The average Bonchev–Trinajstić information content (AvgIpc) is 2.19. The zero-order valence-corrected chi connectivity index (χ0v) is 9.20. The Morgan fingerprint density at radius 3 is 2.86 bits per heavy atom. The summed E-state index contributed by atoms with van der Waals surface area (Å²) < 4.78 is 5.55. The van der Waals surface area contributed by atoms with Crippen molar-refractivity contribution in [2.75, 3.05) is 12.0 Å². The predicted octanol–water partition coefficient (Wildman–Crippen LogP) is -0.601. The summed E-state index contributed by atoms with van der Waals surface area (Å²) in [6.45, 7) is 0. The van der Waals surface area contributed by atoms with Crippen molar-refractivity contribution in [3.63, 3.8) is 0 Å². The zero-order chi connectivity index (χ0) is 10.6. The number of hydrogen-bond donors (Lipinski definition) is 3. The molecule has 1 saturated heterocycles. The SMILES string of the molecule is CSCC(N)C1CCC(N)[C@@H](ON)O1. The molecular formula is C8H19N3O2S. The van der Waals surface area contributed by atoms with Crippen LogP contribution in [0, 0.1) is 0 Å². The molecule has 1 fully saturated rings. The number of rotatable bonds is 4. The second-order valence-electron chi connectivity index (χ2n) is 3.54. The van der Waals surface area contributed by atoms with Gasteiger partial charge in [0.05, 0.1) is 12.1 Å². The molecule has 1 heterocycles. The molecule has 1 aliphatic heterocycles. The molecule has 0 aromatic heterocycles. The Kier molecular flexibility index (Phi) is 5.14. The van der Waals surface area contributed by atoms with Crippen molar-refractivity contribution in [1.29, 1.82) is 0 Å². The van der Waals surface area contributed by atoms with Gasteiger partial charge in [0.2, 0.25) is 0 Å². The van der Waals surface area contributed by atoms with E-state index in [-0.39, 0.29) is 18.2 Å². The van der Waals surface area contributed by atoms with Crippen LogP contribution in [0.15, 0.2) is 0 Å². The van der Waals surface area contributed by atoms with Gasteiger partial charge >= 0.3 is 0 Å². The second kappa shape index (κ2) is 5.89. The van der Waals surface area contributed by atoms with Crippen LogP contribution in [0.2, 0.25) is 0 Å². The molecule has 5 nitrogen and oxygen atoms in total. The van der Waals surface area contributed by atoms with E-state index in [4.69, 9.17) is 22.1 Å². The van der Waals surface area contributed by atoms with Gasteiger partial charge < -0.3 is 16.2 Å². The lowest BCUT2D eigenvalue weighted by atomic mass is 10.0. The summed E-state index contributed by atoms with van der Waals surface area (Å²) in [5.74, 6) is 5.95. The number of thioether (sulfide) groups is 1. The highest BCUT2D eigenvalue weighted by Gasteiger charge is 2.32. The molecule has 14 heavy (non-hydrogen) atoms. The second-order valence-corrected chi connectivity index (χ2v) is 4.45. The van der Waals surface area contributed by atoms with Gasteiger partial charge in [-0.15, -0.1) is 0 Å². The summed E-state index contributed by atoms with van der Waals surface area (Å²) in [6, 6.07) is -0.118. The normalized spacial score (nSPS) is 35.6. The highest BCUT2D eigenvalue weighted by molar-refractivity contribution is 7.98. The van der Waals surface area contributed by atoms with E-state index in [2.05, 4.69) is 4.84 Å². The Bertz CT molecular complexity index is 173. The van der Waals surface area contributed by atoms with Gasteiger partial charge in [-0.05, 0) is 19.1 Å². The summed E-state index contributed by atoms with van der Waals surface area (Å²) in [5.41, 5.74) is 11.7. The Morgan fingerprint density at radius 1 is 1.57 bits per heavy atom. The third kappa shape index (κ3) is 3.08. The molecule has 0 saturated carbocycles. The van der Waals surface area contributed by atoms with Gasteiger partial charge in [0.1, 0.15) is 0 Å². The van der Waals surface area contributed by atoms with Crippen LogP contribution >= 0.6 is 11.8 Å². The molecule has 4 atom stereocenters. The number of ether oxygens (including phenoxy) is 1. The van der Waals surface area contributed by atoms with Crippen molar-refractivity contribution in [1.82, 2.24) is 0 Å². The molecule has 1 rings (SSSR count). The first-order valence-electron chi connectivity index (χ1n) is 4.70.